The molecular weight excluding hydrogens is 288 g/mol. The number of carbonyl (C=O) groups is 1. The summed E-state index contributed by atoms with van der Waals surface area (Å²) in [7, 11) is 3.19. The van der Waals surface area contributed by atoms with Crippen LogP contribution < -0.4 is 20.5 Å². The first-order valence-electron chi connectivity index (χ1n) is 6.81. The van der Waals surface area contributed by atoms with Gasteiger partial charge in [-0.15, -0.1) is 0 Å². The maximum atomic E-state index is 11.9. The van der Waals surface area contributed by atoms with Crippen molar-refractivity contribution in [3.63, 3.8) is 0 Å². The van der Waals surface area contributed by atoms with Crippen molar-refractivity contribution >= 4 is 23.1 Å². The van der Waals surface area contributed by atoms with Crippen molar-refractivity contribution in [3.8, 4) is 11.5 Å². The molecule has 0 heterocycles. The number of thiocarbonyl (C=S) groups is 1. The number of hydrogen-bond donors (Lipinski definition) is 2. The summed E-state index contributed by atoms with van der Waals surface area (Å²) in [4.78, 5) is 12.1. The first-order valence-corrected chi connectivity index (χ1v) is 7.22. The van der Waals surface area contributed by atoms with E-state index in [0.717, 1.165) is 5.56 Å². The standard InChI is InChI=1S/C15H22N2O3S/c1-4-11(14(16)21)15(18)17-8-7-10-5-6-12(19-2)13(9-10)20-3/h5-6,9,11H,4,7-8H2,1-3H3,(H2,16,21)(H,17,18). The summed E-state index contributed by atoms with van der Waals surface area (Å²) in [5, 5.41) is 2.85. The average molecular weight is 310 g/mol. The van der Waals surface area contributed by atoms with Gasteiger partial charge in [0.05, 0.1) is 25.1 Å². The second-order valence-corrected chi connectivity index (χ2v) is 5.06. The Morgan fingerprint density at radius 2 is 2.00 bits per heavy atom. The number of ether oxygens (including phenoxy) is 2. The Bertz CT molecular complexity index is 506. The molecule has 0 saturated carbocycles. The van der Waals surface area contributed by atoms with Gasteiger partial charge in [-0.3, -0.25) is 4.79 Å². The first-order chi connectivity index (χ1) is 10.0. The fourth-order valence-electron chi connectivity index (χ4n) is 2.01. The van der Waals surface area contributed by atoms with E-state index in [1.165, 1.54) is 0 Å². The molecule has 0 aliphatic carbocycles. The van der Waals surface area contributed by atoms with Crippen molar-refractivity contribution < 1.29 is 14.3 Å². The highest BCUT2D eigenvalue weighted by Crippen LogP contribution is 2.27. The summed E-state index contributed by atoms with van der Waals surface area (Å²) in [6.45, 7) is 2.41. The fraction of sp³-hybridized carbons (Fsp3) is 0.467. The molecule has 1 unspecified atom stereocenters. The molecule has 1 aromatic rings. The first kappa shape index (κ1) is 17.2. The lowest BCUT2D eigenvalue weighted by atomic mass is 10.1. The third-order valence-electron chi connectivity index (χ3n) is 3.23. The van der Waals surface area contributed by atoms with Crippen LogP contribution in [0.2, 0.25) is 0 Å². The molecule has 0 fully saturated rings. The van der Waals surface area contributed by atoms with Gasteiger partial charge in [-0.2, -0.15) is 0 Å². The topological polar surface area (TPSA) is 73.6 Å². The van der Waals surface area contributed by atoms with E-state index in [1.54, 1.807) is 14.2 Å². The van der Waals surface area contributed by atoms with Crippen LogP contribution >= 0.6 is 12.2 Å². The molecule has 0 saturated heterocycles. The van der Waals surface area contributed by atoms with Crippen molar-refractivity contribution in [1.82, 2.24) is 5.32 Å². The summed E-state index contributed by atoms with van der Waals surface area (Å²) in [5.74, 6) is 0.844. The van der Waals surface area contributed by atoms with Gasteiger partial charge in [0.15, 0.2) is 11.5 Å². The second kappa shape index (κ2) is 8.46. The number of methoxy groups -OCH3 is 2. The molecular formula is C15H22N2O3S. The smallest absolute Gasteiger partial charge is 0.229 e. The van der Waals surface area contributed by atoms with Crippen LogP contribution in [0.1, 0.15) is 18.9 Å². The summed E-state index contributed by atoms with van der Waals surface area (Å²) < 4.78 is 10.4. The summed E-state index contributed by atoms with van der Waals surface area (Å²) >= 11 is 4.88. The van der Waals surface area contributed by atoms with Crippen molar-refractivity contribution in [2.45, 2.75) is 19.8 Å². The van der Waals surface area contributed by atoms with Gasteiger partial charge in [0.2, 0.25) is 5.91 Å². The van der Waals surface area contributed by atoms with Crippen LogP contribution in [0.5, 0.6) is 11.5 Å². The van der Waals surface area contributed by atoms with Crippen LogP contribution in [0.15, 0.2) is 18.2 Å². The number of hydrogen-bond acceptors (Lipinski definition) is 4. The highest BCUT2D eigenvalue weighted by Gasteiger charge is 2.18. The van der Waals surface area contributed by atoms with E-state index in [-0.39, 0.29) is 10.9 Å². The molecule has 21 heavy (non-hydrogen) atoms. The Morgan fingerprint density at radius 3 is 2.52 bits per heavy atom. The number of carbonyl (C=O) groups excluding carboxylic acids is 1. The molecule has 3 N–H and O–H groups in total. The van der Waals surface area contributed by atoms with Gasteiger partial charge in [0.25, 0.3) is 0 Å². The Hall–Kier alpha value is -1.82. The molecule has 1 rings (SSSR count). The van der Waals surface area contributed by atoms with Crippen molar-refractivity contribution in [3.05, 3.63) is 23.8 Å². The van der Waals surface area contributed by atoms with Gasteiger partial charge >= 0.3 is 0 Å². The predicted octanol–water partition coefficient (Wildman–Crippen LogP) is 1.67. The van der Waals surface area contributed by atoms with E-state index in [4.69, 9.17) is 27.4 Å². The molecule has 6 heteroatoms. The van der Waals surface area contributed by atoms with Crippen LogP contribution in [0.4, 0.5) is 0 Å². The van der Waals surface area contributed by atoms with Gasteiger partial charge < -0.3 is 20.5 Å². The summed E-state index contributed by atoms with van der Waals surface area (Å²) in [5.41, 5.74) is 6.59. The van der Waals surface area contributed by atoms with Gasteiger partial charge in [0, 0.05) is 6.54 Å². The Kier molecular flexibility index (Phi) is 6.94. The molecule has 0 aliphatic heterocycles. The normalized spacial score (nSPS) is 11.6. The molecule has 0 aromatic heterocycles. The minimum atomic E-state index is -0.398. The maximum Gasteiger partial charge on any atom is 0.229 e. The number of rotatable bonds is 8. The average Bonchev–Trinajstić information content (AvgIpc) is 2.47. The largest absolute Gasteiger partial charge is 0.493 e. The third kappa shape index (κ3) is 4.90. The lowest BCUT2D eigenvalue weighted by Crippen LogP contribution is -2.38. The van der Waals surface area contributed by atoms with Crippen molar-refractivity contribution in [1.29, 1.82) is 0 Å². The van der Waals surface area contributed by atoms with E-state index in [2.05, 4.69) is 5.32 Å². The number of benzene rings is 1. The van der Waals surface area contributed by atoms with Crippen molar-refractivity contribution in [2.24, 2.45) is 11.7 Å². The molecule has 116 valence electrons. The van der Waals surface area contributed by atoms with Gasteiger partial charge in [-0.25, -0.2) is 0 Å². The van der Waals surface area contributed by atoms with Crippen LogP contribution in [-0.4, -0.2) is 31.7 Å². The fourth-order valence-corrected chi connectivity index (χ4v) is 2.28. The Morgan fingerprint density at radius 1 is 1.33 bits per heavy atom. The molecule has 0 aliphatic rings. The highest BCUT2D eigenvalue weighted by atomic mass is 32.1. The van der Waals surface area contributed by atoms with E-state index in [9.17, 15) is 4.79 Å². The molecule has 1 atom stereocenters. The number of amides is 1. The molecule has 5 nitrogen and oxygen atoms in total. The Balaban J connectivity index is 2.56. The van der Waals surface area contributed by atoms with E-state index in [0.29, 0.717) is 30.9 Å². The SMILES string of the molecule is CCC(C(=O)NCCc1ccc(OC)c(OC)c1)C(N)=S. The summed E-state index contributed by atoms with van der Waals surface area (Å²) in [6.07, 6.45) is 1.30. The lowest BCUT2D eigenvalue weighted by molar-refractivity contribution is -0.123. The zero-order valence-electron chi connectivity index (χ0n) is 12.6. The second-order valence-electron chi connectivity index (χ2n) is 4.59. The highest BCUT2D eigenvalue weighted by molar-refractivity contribution is 7.80. The van der Waals surface area contributed by atoms with E-state index in [1.807, 2.05) is 25.1 Å². The quantitative estimate of drug-likeness (QED) is 0.715. The zero-order chi connectivity index (χ0) is 15.8. The van der Waals surface area contributed by atoms with Gasteiger partial charge in [0.1, 0.15) is 0 Å². The van der Waals surface area contributed by atoms with Crippen LogP contribution in [-0.2, 0) is 11.2 Å². The zero-order valence-corrected chi connectivity index (χ0v) is 13.5. The van der Waals surface area contributed by atoms with Crippen LogP contribution in [0, 0.1) is 5.92 Å². The minimum absolute atomic E-state index is 0.120. The third-order valence-corrected chi connectivity index (χ3v) is 3.51. The molecule has 0 spiro atoms. The van der Waals surface area contributed by atoms with E-state index < -0.39 is 5.92 Å². The minimum Gasteiger partial charge on any atom is -0.493 e. The molecule has 0 bridgehead atoms. The number of nitrogens with one attached hydrogen (secondary N) is 1. The Labute approximate surface area is 130 Å². The predicted molar refractivity (Wildman–Crippen MR) is 86.8 cm³/mol. The summed E-state index contributed by atoms with van der Waals surface area (Å²) in [6, 6.07) is 5.69. The van der Waals surface area contributed by atoms with Gasteiger partial charge in [-0.1, -0.05) is 25.2 Å². The monoisotopic (exact) mass is 310 g/mol. The molecule has 1 amide bonds. The number of nitrogens with two attached hydrogens (primary N) is 1. The van der Waals surface area contributed by atoms with E-state index >= 15 is 0 Å². The van der Waals surface area contributed by atoms with Crippen LogP contribution in [0.25, 0.3) is 0 Å². The molecule has 0 radical (unpaired) electrons. The maximum absolute atomic E-state index is 11.9. The van der Waals surface area contributed by atoms with Crippen molar-refractivity contribution in [2.75, 3.05) is 20.8 Å². The van der Waals surface area contributed by atoms with Crippen LogP contribution in [0.3, 0.4) is 0 Å². The lowest BCUT2D eigenvalue weighted by Gasteiger charge is -2.14. The molecule has 1 aromatic carbocycles. The van der Waals surface area contributed by atoms with Gasteiger partial charge in [-0.05, 0) is 30.5 Å².